The number of carbonyl (C=O) groups excluding carboxylic acids is 7. The normalized spacial score (nSPS) is 21.8. The first kappa shape index (κ1) is 53.4. The zero-order valence-corrected chi connectivity index (χ0v) is 38.6. The van der Waals surface area contributed by atoms with E-state index in [1.54, 1.807) is 0 Å². The lowest BCUT2D eigenvalue weighted by Gasteiger charge is -2.30. The van der Waals surface area contributed by atoms with Gasteiger partial charge in [0.25, 0.3) is 0 Å². The number of likely N-dealkylation sites (tertiary alicyclic amines) is 2. The van der Waals surface area contributed by atoms with E-state index >= 15 is 0 Å². The van der Waals surface area contributed by atoms with Gasteiger partial charge in [-0.3, -0.25) is 37.9 Å². The third kappa shape index (κ3) is 16.2. The number of hydrogen-bond acceptors (Lipinski definition) is 14. The summed E-state index contributed by atoms with van der Waals surface area (Å²) in [6, 6.07) is -2.37. The molecule has 0 spiro atoms. The Morgan fingerprint density at radius 3 is 1.97 bits per heavy atom. The van der Waals surface area contributed by atoms with Crippen molar-refractivity contribution in [2.75, 3.05) is 54.4 Å². The predicted molar refractivity (Wildman–Crippen MR) is 227 cm³/mol. The number of aliphatic carboxylic acids is 1. The molecule has 63 heavy (non-hydrogen) atoms. The number of carboxylic acids is 1. The molecule has 0 radical (unpaired) electrons. The van der Waals surface area contributed by atoms with Crippen LogP contribution in [0, 0.1) is 0 Å². The number of aliphatic hydroxyl groups excluding tert-OH is 1. The lowest BCUT2D eigenvalue weighted by molar-refractivity contribution is -0.172. The van der Waals surface area contributed by atoms with Crippen LogP contribution in [-0.4, -0.2) is 168 Å². The number of hydrogen-bond donors (Lipinski definition) is 3. The minimum Gasteiger partial charge on any atom is -0.480 e. The van der Waals surface area contributed by atoms with Gasteiger partial charge < -0.3 is 39.5 Å². The quantitative estimate of drug-likeness (QED) is 0.0320. The number of ether oxygens (including phenoxy) is 3. The summed E-state index contributed by atoms with van der Waals surface area (Å²) in [6.07, 6.45) is 7.83. The fourth-order valence-electron chi connectivity index (χ4n) is 7.91. The molecule has 4 unspecified atom stereocenters. The van der Waals surface area contributed by atoms with Crippen LogP contribution in [0.15, 0.2) is 0 Å². The van der Waals surface area contributed by atoms with Crippen LogP contribution in [0.2, 0.25) is 0 Å². The molecule has 0 aromatic rings. The van der Waals surface area contributed by atoms with E-state index in [2.05, 4.69) is 12.2 Å². The Bertz CT molecular complexity index is 1620. The minimum absolute atomic E-state index is 0.0110. The highest BCUT2D eigenvalue weighted by Gasteiger charge is 2.53. The third-order valence-corrected chi connectivity index (χ3v) is 14.0. The van der Waals surface area contributed by atoms with Crippen molar-refractivity contribution in [2.24, 2.45) is 0 Å². The van der Waals surface area contributed by atoms with Crippen molar-refractivity contribution in [2.45, 2.75) is 165 Å². The van der Waals surface area contributed by atoms with Crippen molar-refractivity contribution < 1.29 is 71.9 Å². The first-order valence-electron chi connectivity index (χ1n) is 22.4. The summed E-state index contributed by atoms with van der Waals surface area (Å²) < 4.78 is 37.5. The number of carbonyl (C=O) groups is 8. The van der Waals surface area contributed by atoms with Crippen molar-refractivity contribution in [3.05, 3.63) is 0 Å². The molecule has 3 N–H and O–H groups in total. The second-order valence-electron chi connectivity index (χ2n) is 16.8. The largest absolute Gasteiger partial charge is 0.480 e. The first-order chi connectivity index (χ1) is 29.9. The summed E-state index contributed by atoms with van der Waals surface area (Å²) >= 11 is 0. The highest BCUT2D eigenvalue weighted by Crippen LogP contribution is 2.52. The van der Waals surface area contributed by atoms with Crippen LogP contribution >= 0.6 is 7.67 Å². The van der Waals surface area contributed by atoms with Crippen molar-refractivity contribution in [3.8, 4) is 0 Å². The van der Waals surface area contributed by atoms with E-state index in [0.29, 0.717) is 12.8 Å². The van der Waals surface area contributed by atoms with E-state index < -0.39 is 118 Å². The van der Waals surface area contributed by atoms with E-state index in [1.807, 2.05) is 0 Å². The Labute approximate surface area is 370 Å². The molecule has 3 saturated heterocycles. The predicted octanol–water partition coefficient (Wildman–Crippen LogP) is 2.97. The van der Waals surface area contributed by atoms with Gasteiger partial charge in [0.1, 0.15) is 12.6 Å². The minimum atomic E-state index is -3.85. The van der Waals surface area contributed by atoms with Crippen LogP contribution in [0.5, 0.6) is 0 Å². The molecule has 3 heterocycles. The monoisotopic (exact) mass is 915 g/mol. The van der Waals surface area contributed by atoms with Crippen molar-refractivity contribution in [1.82, 2.24) is 24.5 Å². The summed E-state index contributed by atoms with van der Waals surface area (Å²) in [6.45, 7) is 1.21. The number of esters is 3. The van der Waals surface area contributed by atoms with Gasteiger partial charge >= 0.3 is 31.5 Å². The Kier molecular flexibility index (Phi) is 22.6. The van der Waals surface area contributed by atoms with E-state index in [9.17, 15) is 53.1 Å². The molecule has 358 valence electrons. The molecular formula is C42H70N5O15P. The summed E-state index contributed by atoms with van der Waals surface area (Å²) in [4.78, 5) is 105. The zero-order chi connectivity index (χ0) is 46.7. The number of nitrogens with one attached hydrogen (secondary N) is 1. The molecule has 3 amide bonds. The SMILES string of the molecule is CCCCCCCCCCCCCCCC(=O)OC(COC(=O)CCC(=O)NCC(=O)N1CCC[C@H]1C(=O)N1CCC(O)[C@H]1C(=O)O)C1OC(=O)C(OP(=O)(N(C)C)N(C)C)C1=O. The highest BCUT2D eigenvalue weighted by atomic mass is 31.2. The van der Waals surface area contributed by atoms with E-state index in [-0.39, 0.29) is 32.4 Å². The van der Waals surface area contributed by atoms with Crippen molar-refractivity contribution in [1.29, 1.82) is 0 Å². The highest BCUT2D eigenvalue weighted by molar-refractivity contribution is 7.53. The number of ketones is 1. The van der Waals surface area contributed by atoms with Crippen LogP contribution in [0.3, 0.4) is 0 Å². The zero-order valence-electron chi connectivity index (χ0n) is 37.7. The fraction of sp³-hybridized carbons (Fsp3) is 0.810. The molecule has 0 aromatic carbocycles. The maximum atomic E-state index is 13.5. The Hall–Kier alpha value is -3.97. The number of rotatable bonds is 29. The second-order valence-corrected chi connectivity index (χ2v) is 19.6. The standard InChI is InChI=1S/C42H70N5O15P/c1-6-7-8-9-10-11-12-13-14-15-16-17-18-21-35(52)60-31(38-37(53)39(42(57)61-38)62-63(58,44(2)3)45(4)5)28-59-34(51)23-22-32(49)43-27-33(50)46-25-19-20-29(46)40(54)47-26-24-30(48)36(47)41(55)56/h29-31,36,38-39,48H,6-28H2,1-5H3,(H,43,49)(H,55,56)/t29-,30?,31?,36-,38?,39?/m0/s1. The molecule has 0 aromatic heterocycles. The van der Waals surface area contributed by atoms with Gasteiger partial charge in [-0.05, 0) is 53.9 Å². The summed E-state index contributed by atoms with van der Waals surface area (Å²) in [7, 11) is 1.91. The summed E-state index contributed by atoms with van der Waals surface area (Å²) in [5.74, 6) is -7.04. The Morgan fingerprint density at radius 1 is 0.810 bits per heavy atom. The average Bonchev–Trinajstić information content (AvgIpc) is 3.96. The molecule has 3 aliphatic rings. The number of Topliss-reactive ketones (excluding diaryl/α,β-unsaturated/α-hetero) is 1. The van der Waals surface area contributed by atoms with Crippen molar-refractivity contribution in [3.63, 3.8) is 0 Å². The van der Waals surface area contributed by atoms with Gasteiger partial charge in [-0.2, -0.15) is 0 Å². The molecule has 0 aliphatic carbocycles. The second kappa shape index (κ2) is 26.7. The molecule has 21 heteroatoms. The molecule has 20 nitrogen and oxygen atoms in total. The lowest BCUT2D eigenvalue weighted by Crippen LogP contribution is -2.53. The molecule has 3 rings (SSSR count). The Balaban J connectivity index is 1.51. The summed E-state index contributed by atoms with van der Waals surface area (Å²) in [5, 5.41) is 22.0. The fourth-order valence-corrected chi connectivity index (χ4v) is 9.46. The first-order valence-corrected chi connectivity index (χ1v) is 24.0. The number of nitrogens with zero attached hydrogens (tertiary/aromatic N) is 4. The maximum Gasteiger partial charge on any atom is 0.346 e. The van der Waals surface area contributed by atoms with Gasteiger partial charge in [0.15, 0.2) is 12.1 Å². The van der Waals surface area contributed by atoms with E-state index in [1.165, 1.54) is 93.8 Å². The van der Waals surface area contributed by atoms with E-state index in [0.717, 1.165) is 30.6 Å². The van der Waals surface area contributed by atoms with Gasteiger partial charge in [-0.1, -0.05) is 84.0 Å². The number of carboxylic acid groups (broad SMARTS) is 1. The Morgan fingerprint density at radius 2 is 1.40 bits per heavy atom. The lowest BCUT2D eigenvalue weighted by atomic mass is 10.0. The third-order valence-electron chi connectivity index (χ3n) is 11.5. The van der Waals surface area contributed by atoms with Crippen molar-refractivity contribution >= 4 is 55.1 Å². The number of amides is 3. The van der Waals surface area contributed by atoms with Crippen LogP contribution in [0.25, 0.3) is 0 Å². The van der Waals surface area contributed by atoms with Gasteiger partial charge in [0.2, 0.25) is 35.7 Å². The topological polar surface area (TPSA) is 256 Å². The van der Waals surface area contributed by atoms with Gasteiger partial charge in [-0.25, -0.2) is 18.9 Å². The van der Waals surface area contributed by atoms with Crippen LogP contribution < -0.4 is 5.32 Å². The summed E-state index contributed by atoms with van der Waals surface area (Å²) in [5.41, 5.74) is 0. The smallest absolute Gasteiger partial charge is 0.346 e. The number of cyclic esters (lactones) is 1. The molecule has 3 aliphatic heterocycles. The number of unbranched alkanes of at least 4 members (excludes halogenated alkanes) is 12. The van der Waals surface area contributed by atoms with Crippen LogP contribution in [0.1, 0.15) is 129 Å². The van der Waals surface area contributed by atoms with Gasteiger partial charge in [0.05, 0.1) is 19.1 Å². The molecule has 6 atom stereocenters. The van der Waals surface area contributed by atoms with Crippen LogP contribution in [0.4, 0.5) is 0 Å². The molecule has 3 fully saturated rings. The van der Waals surface area contributed by atoms with Gasteiger partial charge in [0, 0.05) is 25.9 Å². The van der Waals surface area contributed by atoms with E-state index in [4.69, 9.17) is 18.7 Å². The molecular weight excluding hydrogens is 845 g/mol. The maximum absolute atomic E-state index is 13.5. The van der Waals surface area contributed by atoms with Crippen LogP contribution in [-0.2, 0) is 61.7 Å². The molecule has 0 saturated carbocycles. The average molecular weight is 916 g/mol. The number of aliphatic hydroxyl groups is 1. The van der Waals surface area contributed by atoms with Gasteiger partial charge in [-0.15, -0.1) is 0 Å². The molecule has 0 bridgehead atoms.